The summed E-state index contributed by atoms with van der Waals surface area (Å²) in [6.07, 6.45) is 5.59. The van der Waals surface area contributed by atoms with Gasteiger partial charge >= 0.3 is 5.97 Å². The molecule has 1 aliphatic carbocycles. The molecular formula is C33H39N5O7. The standard InChI is InChI=1S/C33H39N5O7/c1-33(2,3)45-32(43)20-4-8-27(35-18-20)37-12-10-19(11-13-37)17-34-21-14-23(15-21)44-22-5-6-24-25(16-22)31(42)38(30(24)41)26-7-9-28(39)36-29(26)40/h4-6,8,16,18-19,21,23,26,34H,7,9-15,17H2,1-3H3,(H,36,39,40)/t21-,23-,26?. The highest BCUT2D eigenvalue weighted by Crippen LogP contribution is 2.33. The number of aromatic nitrogens is 1. The fourth-order valence-corrected chi connectivity index (χ4v) is 6.27. The van der Waals surface area contributed by atoms with E-state index in [1.165, 1.54) is 0 Å². The molecule has 2 saturated heterocycles. The maximum absolute atomic E-state index is 13.1. The predicted molar refractivity (Wildman–Crippen MR) is 163 cm³/mol. The van der Waals surface area contributed by atoms with Crippen molar-refractivity contribution in [1.29, 1.82) is 0 Å². The molecule has 4 amide bonds. The SMILES string of the molecule is CC(C)(C)OC(=O)c1ccc(N2CCC(CN[C@H]3C[C@H](Oc4ccc5c(c4)C(=O)N(C4CCC(=O)NC4=O)C5=O)C3)CC2)nc1. The van der Waals surface area contributed by atoms with E-state index in [1.54, 1.807) is 30.5 Å². The molecule has 2 aromatic rings. The molecule has 0 radical (unpaired) electrons. The normalized spacial score (nSPS) is 23.8. The molecular weight excluding hydrogens is 578 g/mol. The second-order valence-corrected chi connectivity index (χ2v) is 13.3. The number of carbonyl (C=O) groups is 5. The predicted octanol–water partition coefficient (Wildman–Crippen LogP) is 2.85. The molecule has 1 aromatic heterocycles. The number of hydrogen-bond acceptors (Lipinski definition) is 10. The first-order valence-corrected chi connectivity index (χ1v) is 15.6. The van der Waals surface area contributed by atoms with Crippen LogP contribution in [0.5, 0.6) is 5.75 Å². The first-order valence-electron chi connectivity index (χ1n) is 15.6. The van der Waals surface area contributed by atoms with Gasteiger partial charge in [-0.3, -0.25) is 29.4 Å². The van der Waals surface area contributed by atoms with Gasteiger partial charge in [-0.2, -0.15) is 0 Å². The molecule has 6 rings (SSSR count). The number of hydrogen-bond donors (Lipinski definition) is 2. The number of amides is 4. The van der Waals surface area contributed by atoms with E-state index in [4.69, 9.17) is 9.47 Å². The summed E-state index contributed by atoms with van der Waals surface area (Å²) in [4.78, 5) is 69.8. The number of pyridine rings is 1. The Kier molecular flexibility index (Phi) is 8.34. The van der Waals surface area contributed by atoms with Crippen molar-refractivity contribution in [3.8, 4) is 5.75 Å². The van der Waals surface area contributed by atoms with Crippen LogP contribution in [0.1, 0.15) is 90.4 Å². The largest absolute Gasteiger partial charge is 0.490 e. The van der Waals surface area contributed by atoms with Crippen molar-refractivity contribution in [2.75, 3.05) is 24.5 Å². The Labute approximate surface area is 261 Å². The van der Waals surface area contributed by atoms with E-state index in [0.717, 1.165) is 56.0 Å². The minimum absolute atomic E-state index is 0.00978. The molecule has 4 aliphatic rings. The highest BCUT2D eigenvalue weighted by Gasteiger charge is 2.45. The summed E-state index contributed by atoms with van der Waals surface area (Å²) in [5.74, 6) is -0.510. The summed E-state index contributed by atoms with van der Waals surface area (Å²) in [6, 6.07) is 7.87. The first-order chi connectivity index (χ1) is 21.4. The number of benzene rings is 1. The third-order valence-corrected chi connectivity index (χ3v) is 8.82. The Morgan fingerprint density at radius 1 is 1.00 bits per heavy atom. The van der Waals surface area contributed by atoms with Crippen LogP contribution in [-0.2, 0) is 14.3 Å². The van der Waals surface area contributed by atoms with Crippen LogP contribution in [0.3, 0.4) is 0 Å². The molecule has 1 saturated carbocycles. The van der Waals surface area contributed by atoms with Crippen molar-refractivity contribution < 1.29 is 33.4 Å². The van der Waals surface area contributed by atoms with E-state index in [2.05, 4.69) is 20.5 Å². The van der Waals surface area contributed by atoms with Gasteiger partial charge in [0.2, 0.25) is 11.8 Å². The van der Waals surface area contributed by atoms with Crippen molar-refractivity contribution in [2.24, 2.45) is 5.92 Å². The van der Waals surface area contributed by atoms with E-state index in [-0.39, 0.29) is 36.0 Å². The van der Waals surface area contributed by atoms with Gasteiger partial charge in [-0.1, -0.05) is 0 Å². The van der Waals surface area contributed by atoms with Gasteiger partial charge in [-0.25, -0.2) is 9.78 Å². The first kappa shape index (κ1) is 30.7. The van der Waals surface area contributed by atoms with Crippen molar-refractivity contribution in [2.45, 2.75) is 83.1 Å². The second-order valence-electron chi connectivity index (χ2n) is 13.3. The molecule has 4 heterocycles. The van der Waals surface area contributed by atoms with Crippen LogP contribution in [0.25, 0.3) is 0 Å². The molecule has 3 fully saturated rings. The van der Waals surface area contributed by atoms with Crippen LogP contribution in [0.2, 0.25) is 0 Å². The van der Waals surface area contributed by atoms with Gasteiger partial charge in [0.1, 0.15) is 29.3 Å². The number of carbonyl (C=O) groups excluding carboxylic acids is 5. The lowest BCUT2D eigenvalue weighted by molar-refractivity contribution is -0.136. The Hall–Kier alpha value is -4.32. The number of nitrogens with zero attached hydrogens (tertiary/aromatic N) is 3. The van der Waals surface area contributed by atoms with Crippen molar-refractivity contribution in [3.63, 3.8) is 0 Å². The van der Waals surface area contributed by atoms with Gasteiger partial charge < -0.3 is 19.7 Å². The highest BCUT2D eigenvalue weighted by molar-refractivity contribution is 6.23. The summed E-state index contributed by atoms with van der Waals surface area (Å²) in [6.45, 7) is 8.27. The molecule has 1 unspecified atom stereocenters. The summed E-state index contributed by atoms with van der Waals surface area (Å²) in [5, 5.41) is 5.88. The average molecular weight is 618 g/mol. The lowest BCUT2D eigenvalue weighted by Crippen LogP contribution is -2.54. The monoisotopic (exact) mass is 617 g/mol. The number of anilines is 1. The van der Waals surface area contributed by atoms with Gasteiger partial charge in [-0.05, 0) is 95.7 Å². The number of nitrogens with one attached hydrogen (secondary N) is 2. The van der Waals surface area contributed by atoms with Crippen LogP contribution in [0, 0.1) is 5.92 Å². The molecule has 1 atom stereocenters. The molecule has 1 aromatic carbocycles. The Morgan fingerprint density at radius 3 is 2.40 bits per heavy atom. The molecule has 0 bridgehead atoms. The fraction of sp³-hybridized carbons (Fsp3) is 0.515. The van der Waals surface area contributed by atoms with E-state index < -0.39 is 35.3 Å². The minimum atomic E-state index is -0.987. The third kappa shape index (κ3) is 6.70. The van der Waals surface area contributed by atoms with E-state index in [9.17, 15) is 24.0 Å². The van der Waals surface area contributed by atoms with Crippen LogP contribution in [0.4, 0.5) is 5.82 Å². The Morgan fingerprint density at radius 2 is 1.73 bits per heavy atom. The van der Waals surface area contributed by atoms with Crippen molar-refractivity contribution in [3.05, 3.63) is 53.2 Å². The van der Waals surface area contributed by atoms with Crippen LogP contribution in [-0.4, -0.2) is 82.9 Å². The zero-order valence-electron chi connectivity index (χ0n) is 25.8. The number of fused-ring (bicyclic) bond motifs is 1. The van der Waals surface area contributed by atoms with E-state index >= 15 is 0 Å². The van der Waals surface area contributed by atoms with Gasteiger partial charge in [0, 0.05) is 31.7 Å². The van der Waals surface area contributed by atoms with Gasteiger partial charge in [-0.15, -0.1) is 0 Å². The third-order valence-electron chi connectivity index (χ3n) is 8.82. The van der Waals surface area contributed by atoms with Gasteiger partial charge in [0.15, 0.2) is 0 Å². The summed E-state index contributed by atoms with van der Waals surface area (Å²) < 4.78 is 11.5. The highest BCUT2D eigenvalue weighted by atomic mass is 16.6. The second kappa shape index (κ2) is 12.2. The minimum Gasteiger partial charge on any atom is -0.490 e. The van der Waals surface area contributed by atoms with E-state index in [0.29, 0.717) is 23.3 Å². The topological polar surface area (TPSA) is 147 Å². The number of esters is 1. The molecule has 238 valence electrons. The van der Waals surface area contributed by atoms with Crippen LogP contribution >= 0.6 is 0 Å². The number of piperidine rings is 2. The fourth-order valence-electron chi connectivity index (χ4n) is 6.27. The summed E-state index contributed by atoms with van der Waals surface area (Å²) >= 11 is 0. The zero-order valence-corrected chi connectivity index (χ0v) is 25.8. The number of imide groups is 2. The summed E-state index contributed by atoms with van der Waals surface area (Å²) in [7, 11) is 0. The molecule has 2 N–H and O–H groups in total. The molecule has 45 heavy (non-hydrogen) atoms. The van der Waals surface area contributed by atoms with Crippen molar-refractivity contribution >= 4 is 35.4 Å². The molecule has 12 heteroatoms. The maximum atomic E-state index is 13.1. The number of ether oxygens (including phenoxy) is 2. The molecule has 12 nitrogen and oxygen atoms in total. The number of rotatable bonds is 8. The average Bonchev–Trinajstić information content (AvgIpc) is 3.22. The smallest absolute Gasteiger partial charge is 0.340 e. The maximum Gasteiger partial charge on any atom is 0.340 e. The lowest BCUT2D eigenvalue weighted by Gasteiger charge is -2.38. The quantitative estimate of drug-likeness (QED) is 0.335. The van der Waals surface area contributed by atoms with Crippen molar-refractivity contribution in [1.82, 2.24) is 20.5 Å². The summed E-state index contributed by atoms with van der Waals surface area (Å²) in [5.41, 5.74) is 0.366. The van der Waals surface area contributed by atoms with Crippen LogP contribution in [0.15, 0.2) is 36.5 Å². The molecule has 0 spiro atoms. The van der Waals surface area contributed by atoms with E-state index in [1.807, 2.05) is 26.8 Å². The zero-order chi connectivity index (χ0) is 31.9. The van der Waals surface area contributed by atoms with Crippen LogP contribution < -0.4 is 20.3 Å². The molecule has 3 aliphatic heterocycles. The van der Waals surface area contributed by atoms with Gasteiger partial charge in [0.05, 0.1) is 16.7 Å². The van der Waals surface area contributed by atoms with Gasteiger partial charge in [0.25, 0.3) is 11.8 Å². The lowest BCUT2D eigenvalue weighted by atomic mass is 9.88. The Balaban J connectivity index is 0.923. The Bertz CT molecular complexity index is 1500.